The number of thiophene rings is 1. The zero-order valence-electron chi connectivity index (χ0n) is 10.7. The lowest BCUT2D eigenvalue weighted by molar-refractivity contribution is 0.418. The number of hydrogen-bond donors (Lipinski definition) is 1. The molecule has 0 spiro atoms. The molecule has 96 valence electrons. The number of nitrogen functional groups attached to an aromatic ring is 1. The molecule has 2 aromatic rings. The molecule has 1 aliphatic rings. The van der Waals surface area contributed by atoms with Crippen molar-refractivity contribution in [1.29, 1.82) is 0 Å². The number of fused-ring (bicyclic) bond motifs is 1. The van der Waals surface area contributed by atoms with Crippen LogP contribution in [0, 0.1) is 5.92 Å². The van der Waals surface area contributed by atoms with E-state index in [4.69, 9.17) is 10.3 Å². The summed E-state index contributed by atoms with van der Waals surface area (Å²) in [6, 6.07) is 0. The SMILES string of the molecule is CC(C)Cc1noc(-c2c(N)sc3c2CCC3)n1. The number of nitrogens with two attached hydrogens (primary N) is 1. The summed E-state index contributed by atoms with van der Waals surface area (Å²) in [5.41, 5.74) is 8.41. The summed E-state index contributed by atoms with van der Waals surface area (Å²) in [6.45, 7) is 4.29. The average molecular weight is 263 g/mol. The molecular formula is C13H17N3OS. The zero-order chi connectivity index (χ0) is 12.7. The Morgan fingerprint density at radius 2 is 2.22 bits per heavy atom. The van der Waals surface area contributed by atoms with Crippen molar-refractivity contribution in [3.8, 4) is 11.5 Å². The molecule has 4 nitrogen and oxygen atoms in total. The van der Waals surface area contributed by atoms with Crippen LogP contribution in [0.5, 0.6) is 0 Å². The van der Waals surface area contributed by atoms with E-state index in [9.17, 15) is 0 Å². The van der Waals surface area contributed by atoms with E-state index in [1.165, 1.54) is 16.9 Å². The van der Waals surface area contributed by atoms with Crippen molar-refractivity contribution in [3.05, 3.63) is 16.3 Å². The monoisotopic (exact) mass is 263 g/mol. The maximum atomic E-state index is 6.08. The van der Waals surface area contributed by atoms with Gasteiger partial charge >= 0.3 is 0 Å². The molecular weight excluding hydrogens is 246 g/mol. The van der Waals surface area contributed by atoms with Gasteiger partial charge in [0.25, 0.3) is 5.89 Å². The third-order valence-corrected chi connectivity index (χ3v) is 4.34. The second-order valence-corrected chi connectivity index (χ2v) is 6.35. The van der Waals surface area contributed by atoms with Gasteiger partial charge in [0.2, 0.25) is 0 Å². The first kappa shape index (κ1) is 11.7. The van der Waals surface area contributed by atoms with Gasteiger partial charge in [0.05, 0.1) is 10.6 Å². The molecule has 0 aliphatic heterocycles. The smallest absolute Gasteiger partial charge is 0.261 e. The van der Waals surface area contributed by atoms with Crippen LogP contribution in [0.4, 0.5) is 5.00 Å². The summed E-state index contributed by atoms with van der Waals surface area (Å²) in [6.07, 6.45) is 4.27. The zero-order valence-corrected chi connectivity index (χ0v) is 11.5. The van der Waals surface area contributed by atoms with Gasteiger partial charge in [-0.15, -0.1) is 11.3 Å². The molecule has 2 aromatic heterocycles. The Morgan fingerprint density at radius 3 is 3.00 bits per heavy atom. The summed E-state index contributed by atoms with van der Waals surface area (Å²) in [5, 5.41) is 4.86. The molecule has 0 amide bonds. The summed E-state index contributed by atoms with van der Waals surface area (Å²) in [5.74, 6) is 1.90. The minimum atomic E-state index is 0.529. The lowest BCUT2D eigenvalue weighted by Gasteiger charge is -1.97. The highest BCUT2D eigenvalue weighted by Gasteiger charge is 2.25. The van der Waals surface area contributed by atoms with Crippen LogP contribution in [0.25, 0.3) is 11.5 Å². The maximum absolute atomic E-state index is 6.08. The molecule has 5 heteroatoms. The van der Waals surface area contributed by atoms with Gasteiger partial charge in [-0.25, -0.2) is 0 Å². The van der Waals surface area contributed by atoms with Gasteiger partial charge in [-0.2, -0.15) is 4.98 Å². The number of aromatic nitrogens is 2. The number of rotatable bonds is 3. The van der Waals surface area contributed by atoms with Gasteiger partial charge in [0.1, 0.15) is 0 Å². The molecule has 0 aromatic carbocycles. The van der Waals surface area contributed by atoms with E-state index in [-0.39, 0.29) is 0 Å². The van der Waals surface area contributed by atoms with Crippen molar-refractivity contribution in [2.24, 2.45) is 5.92 Å². The standard InChI is InChI=1S/C13H17N3OS/c1-7(2)6-10-15-13(17-16-10)11-8-4-3-5-9(8)18-12(11)14/h7H,3-6,14H2,1-2H3. The minimum absolute atomic E-state index is 0.529. The Bertz CT molecular complexity index is 571. The van der Waals surface area contributed by atoms with Crippen molar-refractivity contribution in [2.45, 2.75) is 39.5 Å². The second-order valence-electron chi connectivity index (χ2n) is 5.21. The van der Waals surface area contributed by atoms with Gasteiger partial charge in [-0.1, -0.05) is 19.0 Å². The van der Waals surface area contributed by atoms with E-state index in [0.717, 1.165) is 35.7 Å². The Kier molecular flexibility index (Phi) is 2.86. The minimum Gasteiger partial charge on any atom is -0.390 e. The Hall–Kier alpha value is -1.36. The molecule has 0 saturated heterocycles. The topological polar surface area (TPSA) is 64.9 Å². The highest BCUT2D eigenvalue weighted by molar-refractivity contribution is 7.16. The fraction of sp³-hybridized carbons (Fsp3) is 0.538. The number of nitrogens with zero attached hydrogens (tertiary/aromatic N) is 2. The van der Waals surface area contributed by atoms with E-state index >= 15 is 0 Å². The van der Waals surface area contributed by atoms with E-state index in [1.807, 2.05) is 0 Å². The lowest BCUT2D eigenvalue weighted by Crippen LogP contribution is -1.96. The molecule has 0 unspecified atom stereocenters. The van der Waals surface area contributed by atoms with Crippen LogP contribution < -0.4 is 5.73 Å². The van der Waals surface area contributed by atoms with Crippen LogP contribution in [0.15, 0.2) is 4.52 Å². The van der Waals surface area contributed by atoms with Crippen LogP contribution in [0.1, 0.15) is 36.5 Å². The predicted octanol–water partition coefficient (Wildman–Crippen LogP) is 3.07. The first-order valence-electron chi connectivity index (χ1n) is 6.38. The fourth-order valence-electron chi connectivity index (χ4n) is 2.46. The molecule has 2 N–H and O–H groups in total. The highest BCUT2D eigenvalue weighted by atomic mass is 32.1. The molecule has 3 rings (SSSR count). The normalized spacial score (nSPS) is 14.4. The molecule has 2 heterocycles. The number of aryl methyl sites for hydroxylation is 1. The summed E-state index contributed by atoms with van der Waals surface area (Å²) >= 11 is 1.67. The molecule has 0 bridgehead atoms. The Balaban J connectivity index is 1.97. The van der Waals surface area contributed by atoms with Crippen molar-refractivity contribution in [3.63, 3.8) is 0 Å². The van der Waals surface area contributed by atoms with Crippen LogP contribution in [-0.2, 0) is 19.3 Å². The molecule has 0 radical (unpaired) electrons. The first-order valence-corrected chi connectivity index (χ1v) is 7.19. The van der Waals surface area contributed by atoms with Gasteiger partial charge in [0.15, 0.2) is 5.82 Å². The third-order valence-electron chi connectivity index (χ3n) is 3.22. The van der Waals surface area contributed by atoms with Crippen molar-refractivity contribution >= 4 is 16.3 Å². The second kappa shape index (κ2) is 4.39. The van der Waals surface area contributed by atoms with Crippen LogP contribution in [0.2, 0.25) is 0 Å². The first-order chi connectivity index (χ1) is 8.65. The molecule has 0 atom stereocenters. The largest absolute Gasteiger partial charge is 0.390 e. The summed E-state index contributed by atoms with van der Waals surface area (Å²) in [4.78, 5) is 5.87. The highest BCUT2D eigenvalue weighted by Crippen LogP contribution is 2.42. The van der Waals surface area contributed by atoms with Gasteiger partial charge in [-0.3, -0.25) is 0 Å². The van der Waals surface area contributed by atoms with Crippen LogP contribution in [0.3, 0.4) is 0 Å². The Morgan fingerprint density at radius 1 is 1.39 bits per heavy atom. The van der Waals surface area contributed by atoms with Crippen molar-refractivity contribution in [1.82, 2.24) is 10.1 Å². The van der Waals surface area contributed by atoms with Crippen molar-refractivity contribution in [2.75, 3.05) is 5.73 Å². The average Bonchev–Trinajstić information content (AvgIpc) is 2.93. The molecule has 0 fully saturated rings. The van der Waals surface area contributed by atoms with E-state index in [0.29, 0.717) is 11.8 Å². The van der Waals surface area contributed by atoms with Gasteiger partial charge < -0.3 is 10.3 Å². The Labute approximate surface area is 110 Å². The number of hydrogen-bond acceptors (Lipinski definition) is 5. The lowest BCUT2D eigenvalue weighted by atomic mass is 10.1. The van der Waals surface area contributed by atoms with Crippen molar-refractivity contribution < 1.29 is 4.52 Å². The van der Waals surface area contributed by atoms with Gasteiger partial charge in [-0.05, 0) is 30.7 Å². The fourth-order valence-corrected chi connectivity index (χ4v) is 3.62. The molecule has 0 saturated carbocycles. The molecule has 1 aliphatic carbocycles. The van der Waals surface area contributed by atoms with Gasteiger partial charge in [0, 0.05) is 11.3 Å². The third kappa shape index (κ3) is 1.92. The quantitative estimate of drug-likeness (QED) is 0.924. The van der Waals surface area contributed by atoms with E-state index in [1.54, 1.807) is 11.3 Å². The van der Waals surface area contributed by atoms with Crippen LogP contribution in [-0.4, -0.2) is 10.1 Å². The predicted molar refractivity (Wildman–Crippen MR) is 72.6 cm³/mol. The maximum Gasteiger partial charge on any atom is 0.261 e. The summed E-state index contributed by atoms with van der Waals surface area (Å²) in [7, 11) is 0. The van der Waals surface area contributed by atoms with Crippen LogP contribution >= 0.6 is 11.3 Å². The van der Waals surface area contributed by atoms with E-state index < -0.39 is 0 Å². The number of anilines is 1. The summed E-state index contributed by atoms with van der Waals surface area (Å²) < 4.78 is 5.38. The molecule has 18 heavy (non-hydrogen) atoms. The van der Waals surface area contributed by atoms with E-state index in [2.05, 4.69) is 24.0 Å².